The first-order valence-corrected chi connectivity index (χ1v) is 11.8. The summed E-state index contributed by atoms with van der Waals surface area (Å²) in [4.78, 5) is 15.4. The fourth-order valence-electron chi connectivity index (χ4n) is 4.67. The standard InChI is InChI=1S/C28H27N3O5/c1-3-36-23-16-18(10-13-22(23)33)27-24-25(20-6-4-5-7-21(20)32)29-30-26(24)28(34)31(27)15-14-17-8-11-19(35-2)12-9-17/h4-13,16,27,32-33H,3,14-15H2,1-2H3,(H,29,30)/t27-/m0/s1. The lowest BCUT2D eigenvalue weighted by atomic mass is 9.95. The third-order valence-corrected chi connectivity index (χ3v) is 6.42. The summed E-state index contributed by atoms with van der Waals surface area (Å²) < 4.78 is 10.9. The highest BCUT2D eigenvalue weighted by Gasteiger charge is 2.42. The van der Waals surface area contributed by atoms with Gasteiger partial charge in [0, 0.05) is 17.7 Å². The van der Waals surface area contributed by atoms with Gasteiger partial charge in [0.05, 0.1) is 19.8 Å². The molecule has 3 aromatic carbocycles. The number of methoxy groups -OCH3 is 1. The number of rotatable bonds is 8. The second kappa shape index (κ2) is 9.65. The van der Waals surface area contributed by atoms with Gasteiger partial charge in [0.2, 0.25) is 0 Å². The van der Waals surface area contributed by atoms with Gasteiger partial charge in [0.1, 0.15) is 22.9 Å². The van der Waals surface area contributed by atoms with Crippen LogP contribution in [0.3, 0.4) is 0 Å². The van der Waals surface area contributed by atoms with E-state index in [9.17, 15) is 15.0 Å². The van der Waals surface area contributed by atoms with Gasteiger partial charge >= 0.3 is 0 Å². The van der Waals surface area contributed by atoms with Crippen LogP contribution in [0.15, 0.2) is 66.7 Å². The van der Waals surface area contributed by atoms with Crippen molar-refractivity contribution in [2.75, 3.05) is 20.3 Å². The minimum Gasteiger partial charge on any atom is -0.507 e. The number of aromatic hydroxyl groups is 2. The van der Waals surface area contributed by atoms with E-state index in [1.165, 1.54) is 0 Å². The molecule has 1 aliphatic heterocycles. The van der Waals surface area contributed by atoms with E-state index in [4.69, 9.17) is 9.47 Å². The molecule has 0 saturated heterocycles. The molecule has 184 valence electrons. The maximum Gasteiger partial charge on any atom is 0.273 e. The molecule has 1 amide bonds. The van der Waals surface area contributed by atoms with E-state index < -0.39 is 6.04 Å². The molecule has 0 radical (unpaired) electrons. The lowest BCUT2D eigenvalue weighted by molar-refractivity contribution is 0.0745. The van der Waals surface area contributed by atoms with Gasteiger partial charge in [-0.25, -0.2) is 0 Å². The maximum absolute atomic E-state index is 13.6. The first-order valence-electron chi connectivity index (χ1n) is 11.8. The number of aromatic amines is 1. The van der Waals surface area contributed by atoms with Crippen molar-refractivity contribution in [2.24, 2.45) is 0 Å². The number of amides is 1. The Morgan fingerprint density at radius 3 is 2.53 bits per heavy atom. The first-order chi connectivity index (χ1) is 17.5. The van der Waals surface area contributed by atoms with Crippen molar-refractivity contribution in [2.45, 2.75) is 19.4 Å². The molecule has 36 heavy (non-hydrogen) atoms. The van der Waals surface area contributed by atoms with Crippen LogP contribution in [0.5, 0.6) is 23.0 Å². The van der Waals surface area contributed by atoms with Gasteiger partial charge in [-0.05, 0) is 60.9 Å². The molecule has 1 atom stereocenters. The van der Waals surface area contributed by atoms with E-state index in [1.807, 2.05) is 37.3 Å². The maximum atomic E-state index is 13.6. The van der Waals surface area contributed by atoms with Gasteiger partial charge in [-0.3, -0.25) is 9.89 Å². The van der Waals surface area contributed by atoms with Crippen molar-refractivity contribution in [1.29, 1.82) is 0 Å². The molecule has 3 N–H and O–H groups in total. The molecule has 0 bridgehead atoms. The number of aromatic nitrogens is 2. The molecule has 0 unspecified atom stereocenters. The van der Waals surface area contributed by atoms with Crippen LogP contribution in [0.1, 0.15) is 40.1 Å². The Morgan fingerprint density at radius 2 is 1.81 bits per heavy atom. The third kappa shape index (κ3) is 4.11. The monoisotopic (exact) mass is 485 g/mol. The minimum atomic E-state index is -0.487. The van der Waals surface area contributed by atoms with Gasteiger partial charge in [0.15, 0.2) is 11.5 Å². The topological polar surface area (TPSA) is 108 Å². The molecule has 1 aromatic heterocycles. The molecule has 8 nitrogen and oxygen atoms in total. The van der Waals surface area contributed by atoms with Crippen LogP contribution in [0, 0.1) is 0 Å². The highest BCUT2D eigenvalue weighted by Crippen LogP contribution is 2.45. The fourth-order valence-corrected chi connectivity index (χ4v) is 4.67. The van der Waals surface area contributed by atoms with Gasteiger partial charge in [-0.1, -0.05) is 30.3 Å². The number of H-pyrrole nitrogens is 1. The van der Waals surface area contributed by atoms with Crippen LogP contribution in [0.2, 0.25) is 0 Å². The lowest BCUT2D eigenvalue weighted by Gasteiger charge is -2.27. The number of carbonyl (C=O) groups excluding carboxylic acids is 1. The van der Waals surface area contributed by atoms with Crippen LogP contribution in [-0.4, -0.2) is 51.5 Å². The molecule has 0 fully saturated rings. The Hall–Kier alpha value is -4.46. The summed E-state index contributed by atoms with van der Waals surface area (Å²) in [5.74, 6) is 1.05. The first kappa shape index (κ1) is 23.3. The Balaban J connectivity index is 1.58. The fraction of sp³-hybridized carbons (Fsp3) is 0.214. The zero-order valence-corrected chi connectivity index (χ0v) is 20.1. The molecule has 5 rings (SSSR count). The average molecular weight is 486 g/mol. The van der Waals surface area contributed by atoms with Crippen molar-refractivity contribution in [3.63, 3.8) is 0 Å². The van der Waals surface area contributed by atoms with Gasteiger partial charge in [-0.15, -0.1) is 0 Å². The molecule has 4 aromatic rings. The Morgan fingerprint density at radius 1 is 1.03 bits per heavy atom. The SMILES string of the molecule is CCOc1cc([C@H]2c3c(-c4ccccc4O)n[nH]c3C(=O)N2CCc2ccc(OC)cc2)ccc1O. The van der Waals surface area contributed by atoms with Crippen molar-refractivity contribution in [3.05, 3.63) is 89.1 Å². The van der Waals surface area contributed by atoms with Crippen molar-refractivity contribution >= 4 is 5.91 Å². The number of nitrogens with zero attached hydrogens (tertiary/aromatic N) is 2. The van der Waals surface area contributed by atoms with E-state index in [-0.39, 0.29) is 17.4 Å². The predicted octanol–water partition coefficient (Wildman–Crippen LogP) is 4.68. The number of fused-ring (bicyclic) bond motifs is 1. The smallest absolute Gasteiger partial charge is 0.273 e. The average Bonchev–Trinajstić information content (AvgIpc) is 3.43. The van der Waals surface area contributed by atoms with Crippen molar-refractivity contribution < 1.29 is 24.5 Å². The lowest BCUT2D eigenvalue weighted by Crippen LogP contribution is -2.31. The number of hydrogen-bond acceptors (Lipinski definition) is 6. The molecule has 8 heteroatoms. The van der Waals surface area contributed by atoms with Crippen molar-refractivity contribution in [3.8, 4) is 34.3 Å². The van der Waals surface area contributed by atoms with Crippen LogP contribution >= 0.6 is 0 Å². The van der Waals surface area contributed by atoms with Crippen molar-refractivity contribution in [1.82, 2.24) is 15.1 Å². The summed E-state index contributed by atoms with van der Waals surface area (Å²) in [6.45, 7) is 2.68. The summed E-state index contributed by atoms with van der Waals surface area (Å²) in [6.07, 6.45) is 0.631. The summed E-state index contributed by atoms with van der Waals surface area (Å²) >= 11 is 0. The number of phenolic OH excluding ortho intramolecular Hbond substituents is 2. The summed E-state index contributed by atoms with van der Waals surface area (Å²) in [5, 5.41) is 28.1. The Bertz CT molecular complexity index is 1400. The molecule has 1 aliphatic rings. The third-order valence-electron chi connectivity index (χ3n) is 6.42. The van der Waals surface area contributed by atoms with Gasteiger partial charge in [-0.2, -0.15) is 5.10 Å². The number of ether oxygens (including phenoxy) is 2. The van der Waals surface area contributed by atoms with E-state index >= 15 is 0 Å². The molecule has 2 heterocycles. The van der Waals surface area contributed by atoms with E-state index in [2.05, 4.69) is 10.2 Å². The zero-order valence-electron chi connectivity index (χ0n) is 20.1. The number of benzene rings is 3. The number of nitrogens with one attached hydrogen (secondary N) is 1. The van der Waals surface area contributed by atoms with E-state index in [0.717, 1.165) is 16.9 Å². The quantitative estimate of drug-likeness (QED) is 0.334. The number of para-hydroxylation sites is 1. The molecule has 0 spiro atoms. The predicted molar refractivity (Wildman–Crippen MR) is 135 cm³/mol. The van der Waals surface area contributed by atoms with Gasteiger partial charge < -0.3 is 24.6 Å². The highest BCUT2D eigenvalue weighted by molar-refractivity contribution is 6.00. The molecular formula is C28H27N3O5. The Labute approximate surface area is 208 Å². The second-order valence-electron chi connectivity index (χ2n) is 8.54. The number of hydrogen-bond donors (Lipinski definition) is 3. The summed E-state index contributed by atoms with van der Waals surface area (Å²) in [5.41, 5.74) is 3.96. The molecule has 0 saturated carbocycles. The number of carbonyl (C=O) groups is 1. The van der Waals surface area contributed by atoms with Crippen LogP contribution < -0.4 is 9.47 Å². The summed E-state index contributed by atoms with van der Waals surface area (Å²) in [6, 6.07) is 19.3. The zero-order chi connectivity index (χ0) is 25.2. The summed E-state index contributed by atoms with van der Waals surface area (Å²) in [7, 11) is 1.63. The number of phenols is 2. The molecule has 0 aliphatic carbocycles. The Kier molecular flexibility index (Phi) is 6.25. The van der Waals surface area contributed by atoms with E-state index in [1.54, 1.807) is 48.4 Å². The molecular weight excluding hydrogens is 458 g/mol. The van der Waals surface area contributed by atoms with Gasteiger partial charge in [0.25, 0.3) is 5.91 Å². The van der Waals surface area contributed by atoms with E-state index in [0.29, 0.717) is 47.8 Å². The largest absolute Gasteiger partial charge is 0.507 e. The second-order valence-corrected chi connectivity index (χ2v) is 8.54. The minimum absolute atomic E-state index is 0.0306. The highest BCUT2D eigenvalue weighted by atomic mass is 16.5. The van der Waals surface area contributed by atoms with Crippen LogP contribution in [0.25, 0.3) is 11.3 Å². The normalized spacial score (nSPS) is 14.7. The van der Waals surface area contributed by atoms with Crippen LogP contribution in [0.4, 0.5) is 0 Å². The van der Waals surface area contributed by atoms with Crippen LogP contribution in [-0.2, 0) is 6.42 Å².